The third-order valence-corrected chi connectivity index (χ3v) is 11.4. The number of nitrogens with zero attached hydrogens (tertiary/aromatic N) is 2. The summed E-state index contributed by atoms with van der Waals surface area (Å²) in [6.45, 7) is 0. The van der Waals surface area contributed by atoms with E-state index in [1.54, 1.807) is 0 Å². The molecule has 0 unspecified atom stereocenters. The van der Waals surface area contributed by atoms with E-state index in [9.17, 15) is 0 Å². The molecule has 0 aliphatic carbocycles. The molecule has 3 heteroatoms. The predicted octanol–water partition coefficient (Wildman–Crippen LogP) is 14.3. The summed E-state index contributed by atoms with van der Waals surface area (Å²) in [6, 6.07) is 64.9. The molecule has 0 fully saturated rings. The van der Waals surface area contributed by atoms with Gasteiger partial charge < -0.3 is 4.42 Å². The number of rotatable bonds is 3. The first-order chi connectivity index (χ1) is 27.3. The number of aromatic nitrogens is 2. The topological polar surface area (TPSA) is 38.9 Å². The van der Waals surface area contributed by atoms with Gasteiger partial charge in [0, 0.05) is 38.1 Å². The zero-order valence-electron chi connectivity index (χ0n) is 29.6. The van der Waals surface area contributed by atoms with Gasteiger partial charge in [0.15, 0.2) is 0 Å². The Hall–Kier alpha value is -7.36. The molecule has 12 aromatic rings. The minimum Gasteiger partial charge on any atom is -0.455 e. The van der Waals surface area contributed by atoms with Crippen molar-refractivity contribution in [3.05, 3.63) is 182 Å². The second-order valence-electron chi connectivity index (χ2n) is 14.4. The molecule has 0 N–H and O–H groups in total. The van der Waals surface area contributed by atoms with E-state index >= 15 is 0 Å². The van der Waals surface area contributed by atoms with Gasteiger partial charge in [0.2, 0.25) is 0 Å². The quantitative estimate of drug-likeness (QED) is 0.172. The molecular weight excluding hydrogens is 669 g/mol. The number of furan rings is 1. The lowest BCUT2D eigenvalue weighted by atomic mass is 9.90. The SMILES string of the molecule is c1ccc(-c2ccc3ccc4ccc(-c5cccc6oc7c8ccccc8c(-c8ccc9c%10ccccc%10c%10ccccc%10c9c8)cc7c56)nc4c3n2)cc1. The van der Waals surface area contributed by atoms with Crippen LogP contribution < -0.4 is 0 Å². The molecule has 0 spiro atoms. The van der Waals surface area contributed by atoms with E-state index in [0.29, 0.717) is 0 Å². The minimum absolute atomic E-state index is 0.843. The van der Waals surface area contributed by atoms with Crippen LogP contribution >= 0.6 is 0 Å². The van der Waals surface area contributed by atoms with Gasteiger partial charge in [-0.25, -0.2) is 9.97 Å². The zero-order chi connectivity index (χ0) is 36.0. The third kappa shape index (κ3) is 4.50. The van der Waals surface area contributed by atoms with Gasteiger partial charge in [-0.3, -0.25) is 0 Å². The van der Waals surface area contributed by atoms with Crippen LogP contribution in [0.2, 0.25) is 0 Å². The van der Waals surface area contributed by atoms with Crippen molar-refractivity contribution in [1.29, 1.82) is 0 Å². The molecule has 0 aliphatic heterocycles. The lowest BCUT2D eigenvalue weighted by Crippen LogP contribution is -1.91. The number of pyridine rings is 2. The van der Waals surface area contributed by atoms with Crippen molar-refractivity contribution in [3.63, 3.8) is 0 Å². The molecule has 3 heterocycles. The van der Waals surface area contributed by atoms with E-state index in [1.807, 2.05) is 6.07 Å². The molecule has 0 aliphatic rings. The van der Waals surface area contributed by atoms with Crippen molar-refractivity contribution < 1.29 is 4.42 Å². The summed E-state index contributed by atoms with van der Waals surface area (Å²) in [5.74, 6) is 0. The maximum atomic E-state index is 6.78. The average molecular weight is 699 g/mol. The van der Waals surface area contributed by atoms with Crippen LogP contribution in [0.3, 0.4) is 0 Å². The Labute approximate surface area is 315 Å². The molecule has 254 valence electrons. The van der Waals surface area contributed by atoms with Gasteiger partial charge in [-0.1, -0.05) is 152 Å². The Morgan fingerprint density at radius 3 is 1.60 bits per heavy atom. The minimum atomic E-state index is 0.843. The molecule has 12 rings (SSSR count). The Morgan fingerprint density at radius 2 is 0.891 bits per heavy atom. The smallest absolute Gasteiger partial charge is 0.143 e. The van der Waals surface area contributed by atoms with E-state index < -0.39 is 0 Å². The van der Waals surface area contributed by atoms with Crippen molar-refractivity contribution in [3.8, 4) is 33.6 Å². The first-order valence-electron chi connectivity index (χ1n) is 18.7. The molecule has 9 aromatic carbocycles. The van der Waals surface area contributed by atoms with Crippen molar-refractivity contribution >= 4 is 86.8 Å². The number of fused-ring (bicyclic) bond motifs is 14. The monoisotopic (exact) mass is 698 g/mol. The van der Waals surface area contributed by atoms with Crippen molar-refractivity contribution in [2.75, 3.05) is 0 Å². The fourth-order valence-corrected chi connectivity index (χ4v) is 8.86. The van der Waals surface area contributed by atoms with E-state index in [-0.39, 0.29) is 0 Å². The molecule has 0 bridgehead atoms. The lowest BCUT2D eigenvalue weighted by molar-refractivity contribution is 0.673. The standard InChI is InChI=1S/C52H30N2O/c1-2-11-31(12-3-1)46-27-24-32-21-22-33-25-28-47(54-51(33)50(32)53-46)42-19-10-20-48-49(42)45-30-43(39-17-8-9-18-41(39)52(45)55-48)34-23-26-40-37-15-5-4-13-35(37)36-14-6-7-16-38(36)44(40)29-34/h1-30H. The molecule has 55 heavy (non-hydrogen) atoms. The van der Waals surface area contributed by atoms with Gasteiger partial charge in [-0.15, -0.1) is 0 Å². The summed E-state index contributed by atoms with van der Waals surface area (Å²) in [7, 11) is 0. The Bertz CT molecular complexity index is 3510. The van der Waals surface area contributed by atoms with Crippen LogP contribution in [0.4, 0.5) is 0 Å². The maximum Gasteiger partial charge on any atom is 0.143 e. The van der Waals surface area contributed by atoms with Crippen LogP contribution in [-0.2, 0) is 0 Å². The van der Waals surface area contributed by atoms with Gasteiger partial charge in [0.25, 0.3) is 0 Å². The highest BCUT2D eigenvalue weighted by molar-refractivity contribution is 6.27. The zero-order valence-corrected chi connectivity index (χ0v) is 29.6. The molecule has 0 saturated carbocycles. The summed E-state index contributed by atoms with van der Waals surface area (Å²) >= 11 is 0. The van der Waals surface area contributed by atoms with E-state index in [2.05, 4.69) is 176 Å². The van der Waals surface area contributed by atoms with Crippen LogP contribution in [0.1, 0.15) is 0 Å². The molecule has 0 amide bonds. The Balaban J connectivity index is 1.11. The van der Waals surface area contributed by atoms with Gasteiger partial charge in [0.05, 0.1) is 22.4 Å². The van der Waals surface area contributed by atoms with Crippen LogP contribution in [-0.4, -0.2) is 9.97 Å². The van der Waals surface area contributed by atoms with Gasteiger partial charge in [0.1, 0.15) is 11.2 Å². The van der Waals surface area contributed by atoms with Crippen LogP contribution in [0.15, 0.2) is 186 Å². The first-order valence-corrected chi connectivity index (χ1v) is 18.7. The Kier molecular flexibility index (Phi) is 6.34. The number of benzene rings is 9. The van der Waals surface area contributed by atoms with Crippen LogP contribution in [0, 0.1) is 0 Å². The van der Waals surface area contributed by atoms with Crippen LogP contribution in [0.5, 0.6) is 0 Å². The largest absolute Gasteiger partial charge is 0.455 e. The molecule has 3 aromatic heterocycles. The summed E-state index contributed by atoms with van der Waals surface area (Å²) < 4.78 is 6.78. The fraction of sp³-hybridized carbons (Fsp3) is 0. The second kappa shape index (κ2) is 11.6. The Morgan fingerprint density at radius 1 is 0.327 bits per heavy atom. The summed E-state index contributed by atoms with van der Waals surface area (Å²) in [5, 5.41) is 14.1. The maximum absolute atomic E-state index is 6.78. The molecular formula is C52H30N2O. The van der Waals surface area contributed by atoms with Crippen LogP contribution in [0.25, 0.3) is 120 Å². The second-order valence-corrected chi connectivity index (χ2v) is 14.4. The van der Waals surface area contributed by atoms with Crippen molar-refractivity contribution in [1.82, 2.24) is 9.97 Å². The molecule has 0 radical (unpaired) electrons. The summed E-state index contributed by atoms with van der Waals surface area (Å²) in [5.41, 5.74) is 9.81. The van der Waals surface area contributed by atoms with E-state index in [1.165, 1.54) is 43.4 Å². The lowest BCUT2D eigenvalue weighted by Gasteiger charge is -2.13. The van der Waals surface area contributed by atoms with Gasteiger partial charge in [-0.05, 0) is 79.2 Å². The third-order valence-electron chi connectivity index (χ3n) is 11.4. The highest BCUT2D eigenvalue weighted by Gasteiger charge is 2.20. The molecule has 3 nitrogen and oxygen atoms in total. The number of hydrogen-bond acceptors (Lipinski definition) is 3. The fourth-order valence-electron chi connectivity index (χ4n) is 8.86. The van der Waals surface area contributed by atoms with Gasteiger partial charge >= 0.3 is 0 Å². The summed E-state index contributed by atoms with van der Waals surface area (Å²) in [4.78, 5) is 10.5. The summed E-state index contributed by atoms with van der Waals surface area (Å²) in [6.07, 6.45) is 0. The van der Waals surface area contributed by atoms with E-state index in [0.717, 1.165) is 77.0 Å². The predicted molar refractivity (Wildman–Crippen MR) is 231 cm³/mol. The average Bonchev–Trinajstić information content (AvgIpc) is 3.65. The molecule has 0 saturated heterocycles. The highest BCUT2D eigenvalue weighted by atomic mass is 16.3. The first kappa shape index (κ1) is 30.1. The van der Waals surface area contributed by atoms with Gasteiger partial charge in [-0.2, -0.15) is 0 Å². The van der Waals surface area contributed by atoms with Crippen molar-refractivity contribution in [2.45, 2.75) is 0 Å². The number of hydrogen-bond donors (Lipinski definition) is 0. The van der Waals surface area contributed by atoms with E-state index in [4.69, 9.17) is 14.4 Å². The molecule has 0 atom stereocenters. The highest BCUT2D eigenvalue weighted by Crippen LogP contribution is 2.44. The normalized spacial score (nSPS) is 12.0. The van der Waals surface area contributed by atoms with Crippen molar-refractivity contribution in [2.24, 2.45) is 0 Å².